The molecule has 5 unspecified atom stereocenters. The number of carbonyl (C=O) groups excluding carboxylic acids is 3. The Labute approximate surface area is 220 Å². The van der Waals surface area contributed by atoms with Crippen LogP contribution >= 0.6 is 11.8 Å². The van der Waals surface area contributed by atoms with Gasteiger partial charge in [-0.05, 0) is 68.9 Å². The zero-order chi connectivity index (χ0) is 28.0. The predicted octanol–water partition coefficient (Wildman–Crippen LogP) is -0.936. The van der Waals surface area contributed by atoms with Crippen LogP contribution in [0.15, 0.2) is 24.3 Å². The van der Waals surface area contributed by atoms with Crippen LogP contribution in [-0.2, 0) is 25.6 Å². The Morgan fingerprint density at radius 1 is 0.946 bits per heavy atom. The van der Waals surface area contributed by atoms with Crippen molar-refractivity contribution in [1.82, 2.24) is 16.0 Å². The molecule has 0 fully saturated rings. The van der Waals surface area contributed by atoms with Gasteiger partial charge in [-0.1, -0.05) is 12.1 Å². The molecule has 1 rings (SSSR count). The average molecular weight is 542 g/mol. The number of aromatic hydroxyl groups is 1. The van der Waals surface area contributed by atoms with E-state index in [0.29, 0.717) is 37.1 Å². The minimum atomic E-state index is -1.48. The summed E-state index contributed by atoms with van der Waals surface area (Å²) in [6.07, 6.45) is 2.09. The quantitative estimate of drug-likeness (QED) is 0.113. The van der Waals surface area contributed by atoms with Gasteiger partial charge in [-0.15, -0.1) is 0 Å². The van der Waals surface area contributed by atoms with Gasteiger partial charge in [-0.25, -0.2) is 4.79 Å². The number of hydrogen-bond acceptors (Lipinski definition) is 9. The van der Waals surface area contributed by atoms with Crippen LogP contribution in [-0.4, -0.2) is 87.8 Å². The Kier molecular flexibility index (Phi) is 14.6. The number of phenolic OH excluding ortho intramolecular Hbond substituents is 1. The molecule has 5 atom stereocenters. The van der Waals surface area contributed by atoms with Crippen molar-refractivity contribution >= 4 is 35.5 Å². The molecule has 0 radical (unpaired) electrons. The molecule has 0 aromatic heterocycles. The maximum atomic E-state index is 13.2. The maximum absolute atomic E-state index is 13.2. The lowest BCUT2D eigenvalue weighted by atomic mass is 10.0. The summed E-state index contributed by atoms with van der Waals surface area (Å²) in [5.74, 6) is -2.79. The standard InChI is InChI=1S/C24H39N5O7S/c1-14(30)20(23(34)27-18(24(35)36)5-3-4-11-25)29-22(33)19(13-15-6-8-16(31)9-7-15)28-21(32)17(26)10-12-37-2/h6-9,14,17-20,30-31H,3-5,10-13,25-26H2,1-2H3,(H,27,34)(H,28,32)(H,29,33)(H,35,36). The average Bonchev–Trinajstić information content (AvgIpc) is 2.85. The zero-order valence-electron chi connectivity index (χ0n) is 21.2. The Morgan fingerprint density at radius 3 is 2.11 bits per heavy atom. The lowest BCUT2D eigenvalue weighted by Gasteiger charge is -2.26. The second-order valence-corrected chi connectivity index (χ2v) is 9.72. The minimum absolute atomic E-state index is 0.0120. The van der Waals surface area contributed by atoms with E-state index in [1.807, 2.05) is 6.26 Å². The van der Waals surface area contributed by atoms with E-state index in [2.05, 4.69) is 16.0 Å². The fourth-order valence-corrected chi connectivity index (χ4v) is 3.89. The number of unbranched alkanes of at least 4 members (excludes halogenated alkanes) is 1. The van der Waals surface area contributed by atoms with Gasteiger partial charge in [0.25, 0.3) is 0 Å². The van der Waals surface area contributed by atoms with Crippen molar-refractivity contribution in [2.45, 2.75) is 69.3 Å². The monoisotopic (exact) mass is 541 g/mol. The highest BCUT2D eigenvalue weighted by Gasteiger charge is 2.32. The number of nitrogens with two attached hydrogens (primary N) is 2. The molecular formula is C24H39N5O7S. The fraction of sp³-hybridized carbons (Fsp3) is 0.583. The smallest absolute Gasteiger partial charge is 0.326 e. The molecule has 0 aliphatic rings. The summed E-state index contributed by atoms with van der Waals surface area (Å²) < 4.78 is 0. The number of carbonyl (C=O) groups is 4. The second-order valence-electron chi connectivity index (χ2n) is 8.73. The lowest BCUT2D eigenvalue weighted by molar-refractivity contribution is -0.143. The van der Waals surface area contributed by atoms with Gasteiger partial charge in [0.15, 0.2) is 0 Å². The molecule has 0 heterocycles. The van der Waals surface area contributed by atoms with Crippen LogP contribution < -0.4 is 27.4 Å². The number of thioether (sulfide) groups is 1. The molecule has 208 valence electrons. The number of carboxylic acid groups (broad SMARTS) is 1. The van der Waals surface area contributed by atoms with E-state index in [1.54, 1.807) is 12.1 Å². The number of aliphatic hydroxyl groups is 1. The maximum Gasteiger partial charge on any atom is 0.326 e. The first-order valence-electron chi connectivity index (χ1n) is 12.0. The largest absolute Gasteiger partial charge is 0.508 e. The summed E-state index contributed by atoms with van der Waals surface area (Å²) in [6.45, 7) is 1.66. The summed E-state index contributed by atoms with van der Waals surface area (Å²) in [5.41, 5.74) is 12.0. The highest BCUT2D eigenvalue weighted by atomic mass is 32.2. The van der Waals surface area contributed by atoms with E-state index in [9.17, 15) is 34.5 Å². The van der Waals surface area contributed by atoms with Gasteiger partial charge in [0, 0.05) is 6.42 Å². The molecule has 0 saturated carbocycles. The van der Waals surface area contributed by atoms with Crippen LogP contribution in [0, 0.1) is 0 Å². The number of benzene rings is 1. The van der Waals surface area contributed by atoms with Gasteiger partial charge in [0.1, 0.15) is 23.9 Å². The first kappa shape index (κ1) is 32.2. The first-order chi connectivity index (χ1) is 17.5. The number of hydrogen-bond donors (Lipinski definition) is 8. The lowest BCUT2D eigenvalue weighted by Crippen LogP contribution is -2.60. The van der Waals surface area contributed by atoms with Crippen LogP contribution in [0.4, 0.5) is 0 Å². The summed E-state index contributed by atoms with van der Waals surface area (Å²) in [4.78, 5) is 50.2. The van der Waals surface area contributed by atoms with Gasteiger partial charge in [0.2, 0.25) is 17.7 Å². The zero-order valence-corrected chi connectivity index (χ0v) is 22.0. The van der Waals surface area contributed by atoms with E-state index in [4.69, 9.17) is 11.5 Å². The van der Waals surface area contributed by atoms with Crippen molar-refractivity contribution in [2.75, 3.05) is 18.6 Å². The van der Waals surface area contributed by atoms with Crippen LogP contribution in [0.3, 0.4) is 0 Å². The number of aliphatic hydroxyl groups excluding tert-OH is 1. The van der Waals surface area contributed by atoms with E-state index in [0.717, 1.165) is 0 Å². The summed E-state index contributed by atoms with van der Waals surface area (Å²) in [6, 6.07) is 1.29. The van der Waals surface area contributed by atoms with E-state index < -0.39 is 54.0 Å². The number of aliphatic carboxylic acids is 1. The molecule has 10 N–H and O–H groups in total. The number of carboxylic acids is 1. The molecule has 0 aliphatic carbocycles. The highest BCUT2D eigenvalue weighted by molar-refractivity contribution is 7.98. The molecule has 37 heavy (non-hydrogen) atoms. The van der Waals surface area contributed by atoms with Crippen LogP contribution in [0.2, 0.25) is 0 Å². The van der Waals surface area contributed by atoms with E-state index in [-0.39, 0.29) is 18.6 Å². The molecular weight excluding hydrogens is 502 g/mol. The topological polar surface area (TPSA) is 217 Å². The van der Waals surface area contributed by atoms with Gasteiger partial charge >= 0.3 is 5.97 Å². The molecule has 13 heteroatoms. The molecule has 3 amide bonds. The second kappa shape index (κ2) is 16.8. The SMILES string of the molecule is CSCCC(N)C(=O)NC(Cc1ccc(O)cc1)C(=O)NC(C(=O)NC(CCCCN)C(=O)O)C(C)O. The Morgan fingerprint density at radius 2 is 1.57 bits per heavy atom. The Balaban J connectivity index is 3.04. The Hall–Kier alpha value is -2.87. The van der Waals surface area contributed by atoms with E-state index in [1.165, 1.54) is 30.8 Å². The number of phenols is 1. The number of rotatable bonds is 17. The summed E-state index contributed by atoms with van der Waals surface area (Å²) in [5, 5.41) is 36.5. The molecule has 0 spiro atoms. The molecule has 0 saturated heterocycles. The number of nitrogens with one attached hydrogen (secondary N) is 3. The first-order valence-corrected chi connectivity index (χ1v) is 13.4. The molecule has 1 aromatic rings. The molecule has 12 nitrogen and oxygen atoms in total. The van der Waals surface area contributed by atoms with Crippen LogP contribution in [0.5, 0.6) is 5.75 Å². The Bertz CT molecular complexity index is 885. The third kappa shape index (κ3) is 11.8. The minimum Gasteiger partial charge on any atom is -0.508 e. The van der Waals surface area contributed by atoms with Crippen molar-refractivity contribution in [3.8, 4) is 5.75 Å². The van der Waals surface area contributed by atoms with E-state index >= 15 is 0 Å². The fourth-order valence-electron chi connectivity index (χ4n) is 3.40. The van der Waals surface area contributed by atoms with Crippen molar-refractivity contribution in [1.29, 1.82) is 0 Å². The third-order valence-corrected chi connectivity index (χ3v) is 6.25. The molecule has 0 aliphatic heterocycles. The molecule has 0 bridgehead atoms. The van der Waals surface area contributed by atoms with Crippen LogP contribution in [0.1, 0.15) is 38.2 Å². The van der Waals surface area contributed by atoms with Crippen molar-refractivity contribution < 1.29 is 34.5 Å². The van der Waals surface area contributed by atoms with Crippen LogP contribution in [0.25, 0.3) is 0 Å². The normalized spacial score (nSPS) is 15.1. The van der Waals surface area contributed by atoms with Gasteiger partial charge in [-0.3, -0.25) is 14.4 Å². The molecule has 1 aromatic carbocycles. The van der Waals surface area contributed by atoms with Gasteiger partial charge in [0.05, 0.1) is 12.1 Å². The predicted molar refractivity (Wildman–Crippen MR) is 141 cm³/mol. The highest BCUT2D eigenvalue weighted by Crippen LogP contribution is 2.12. The van der Waals surface area contributed by atoms with Gasteiger partial charge < -0.3 is 42.7 Å². The van der Waals surface area contributed by atoms with Crippen molar-refractivity contribution in [3.63, 3.8) is 0 Å². The summed E-state index contributed by atoms with van der Waals surface area (Å²) in [7, 11) is 0. The van der Waals surface area contributed by atoms with Crippen molar-refractivity contribution in [2.24, 2.45) is 11.5 Å². The summed E-state index contributed by atoms with van der Waals surface area (Å²) >= 11 is 1.52. The number of amides is 3. The van der Waals surface area contributed by atoms with Gasteiger partial charge in [-0.2, -0.15) is 11.8 Å². The van der Waals surface area contributed by atoms with Crippen molar-refractivity contribution in [3.05, 3.63) is 29.8 Å². The third-order valence-electron chi connectivity index (χ3n) is 5.60.